The van der Waals surface area contributed by atoms with Crippen LogP contribution in [0.2, 0.25) is 5.02 Å². The van der Waals surface area contributed by atoms with Crippen LogP contribution in [0.3, 0.4) is 0 Å². The summed E-state index contributed by atoms with van der Waals surface area (Å²) in [5.41, 5.74) is 9.72. The first-order chi connectivity index (χ1) is 21.0. The molecule has 0 saturated heterocycles. The van der Waals surface area contributed by atoms with Gasteiger partial charge < -0.3 is 15.8 Å². The summed E-state index contributed by atoms with van der Waals surface area (Å²) in [5.74, 6) is -0.505. The van der Waals surface area contributed by atoms with Gasteiger partial charge in [0.25, 0.3) is 0 Å². The maximum Gasteiger partial charge on any atom is 0.237 e. The second-order valence-electron chi connectivity index (χ2n) is 11.9. The minimum atomic E-state index is -3.93. The predicted octanol–water partition coefficient (Wildman–Crippen LogP) is 6.65. The highest BCUT2D eigenvalue weighted by molar-refractivity contribution is 7.91. The number of pyridine rings is 1. The van der Waals surface area contributed by atoms with Gasteiger partial charge in [-0.1, -0.05) is 35.9 Å². The Morgan fingerprint density at radius 1 is 1.14 bits per heavy atom. The molecule has 1 aliphatic rings. The van der Waals surface area contributed by atoms with Crippen LogP contribution in [-0.4, -0.2) is 49.0 Å². The lowest BCUT2D eigenvalue weighted by molar-refractivity contribution is 0.161. The summed E-state index contributed by atoms with van der Waals surface area (Å²) < 4.78 is 50.7. The number of ether oxygens (including phenoxy) is 1. The Labute approximate surface area is 263 Å². The molecule has 0 bridgehead atoms. The van der Waals surface area contributed by atoms with Crippen LogP contribution in [0.25, 0.3) is 22.2 Å². The van der Waals surface area contributed by atoms with Crippen LogP contribution in [0, 0.1) is 5.82 Å². The highest BCUT2D eigenvalue weighted by atomic mass is 35.5. The normalized spacial score (nSPS) is 18.2. The van der Waals surface area contributed by atoms with E-state index in [1.807, 2.05) is 24.7 Å². The minimum Gasteiger partial charge on any atom is -0.383 e. The van der Waals surface area contributed by atoms with Crippen LogP contribution in [-0.2, 0) is 20.5 Å². The van der Waals surface area contributed by atoms with E-state index in [2.05, 4.69) is 21.9 Å². The predicted molar refractivity (Wildman–Crippen MR) is 175 cm³/mol. The zero-order valence-electron chi connectivity index (χ0n) is 25.5. The molecular weight excluding hydrogens is 603 g/mol. The van der Waals surface area contributed by atoms with E-state index in [1.165, 1.54) is 12.1 Å². The molecule has 2 aromatic heterocycles. The van der Waals surface area contributed by atoms with Gasteiger partial charge in [0.05, 0.1) is 29.0 Å². The molecule has 4 N–H and O–H groups in total. The van der Waals surface area contributed by atoms with Crippen molar-refractivity contribution < 1.29 is 17.5 Å². The number of hydrogen-bond acceptors (Lipinski definition) is 7. The van der Waals surface area contributed by atoms with Crippen molar-refractivity contribution in [2.45, 2.75) is 76.3 Å². The van der Waals surface area contributed by atoms with Crippen LogP contribution >= 0.6 is 11.6 Å². The standard InChI is InChI=1S/C32H40ClFN6O3S/c1-19(2)40-31-25(21-9-12-24(13-10-21)37-20(3)17-43-4)16-36-32(35)29(31)30(38-40)22-11-14-28(27(34)15-22)39-44(41,42)18-23-7-5-6-8-26(23)33/h5-8,11,14-16,19-21,24,37,39H,9-10,12-13,17-18H2,1-4H3,(H2,35,36)/t20-,21?,24?/m1/s1. The maximum absolute atomic E-state index is 15.4. The third-order valence-corrected chi connectivity index (χ3v) is 9.78. The lowest BCUT2D eigenvalue weighted by Crippen LogP contribution is -2.40. The van der Waals surface area contributed by atoms with E-state index in [0.717, 1.165) is 36.8 Å². The van der Waals surface area contributed by atoms with E-state index >= 15 is 4.39 Å². The average Bonchev–Trinajstić information content (AvgIpc) is 3.38. The van der Waals surface area contributed by atoms with Crippen LogP contribution in [0.1, 0.15) is 69.5 Å². The summed E-state index contributed by atoms with van der Waals surface area (Å²) in [6.45, 7) is 6.91. The third kappa shape index (κ3) is 7.01. The lowest BCUT2D eigenvalue weighted by Gasteiger charge is -2.31. The Morgan fingerprint density at radius 3 is 2.52 bits per heavy atom. The summed E-state index contributed by atoms with van der Waals surface area (Å²) >= 11 is 6.14. The number of fused-ring (bicyclic) bond motifs is 1. The van der Waals surface area contributed by atoms with E-state index in [-0.39, 0.29) is 23.4 Å². The first-order valence-corrected chi connectivity index (χ1v) is 17.0. The van der Waals surface area contributed by atoms with Crippen LogP contribution < -0.4 is 15.8 Å². The van der Waals surface area contributed by atoms with Gasteiger partial charge in [-0.2, -0.15) is 5.10 Å². The van der Waals surface area contributed by atoms with Gasteiger partial charge in [-0.25, -0.2) is 17.8 Å². The fourth-order valence-corrected chi connectivity index (χ4v) is 7.65. The Morgan fingerprint density at radius 2 is 1.86 bits per heavy atom. The van der Waals surface area contributed by atoms with Crippen molar-refractivity contribution in [3.63, 3.8) is 0 Å². The molecular formula is C32H40ClFN6O3S. The number of benzene rings is 2. The molecule has 236 valence electrons. The minimum absolute atomic E-state index is 0.0143. The topological polar surface area (TPSA) is 124 Å². The number of sulfonamides is 1. The van der Waals surface area contributed by atoms with Gasteiger partial charge in [0.15, 0.2) is 0 Å². The second kappa shape index (κ2) is 13.4. The molecule has 0 radical (unpaired) electrons. The van der Waals surface area contributed by atoms with Crippen molar-refractivity contribution in [1.29, 1.82) is 0 Å². The average molecular weight is 643 g/mol. The quantitative estimate of drug-likeness (QED) is 0.167. The molecule has 44 heavy (non-hydrogen) atoms. The largest absolute Gasteiger partial charge is 0.383 e. The molecule has 5 rings (SSSR count). The molecule has 1 fully saturated rings. The molecule has 4 aromatic rings. The van der Waals surface area contributed by atoms with Gasteiger partial charge in [-0.15, -0.1) is 0 Å². The number of nitrogens with zero attached hydrogens (tertiary/aromatic N) is 3. The van der Waals surface area contributed by atoms with Crippen LogP contribution in [0.5, 0.6) is 0 Å². The molecule has 0 amide bonds. The molecule has 2 heterocycles. The zero-order valence-corrected chi connectivity index (χ0v) is 27.1. The number of halogens is 2. The number of aromatic nitrogens is 3. The zero-order chi connectivity index (χ0) is 31.6. The molecule has 0 spiro atoms. The Bertz CT molecular complexity index is 1740. The SMILES string of the molecule is COC[C@@H](C)NC1CCC(c2cnc(N)c3c(-c4ccc(NS(=O)(=O)Cc5ccccc5Cl)c(F)c4)nn(C(C)C)c23)CC1. The number of anilines is 2. The number of hydrogen-bond donors (Lipinski definition) is 3. The highest BCUT2D eigenvalue weighted by Crippen LogP contribution is 2.41. The molecule has 1 aliphatic carbocycles. The van der Waals surface area contributed by atoms with Crippen molar-refractivity contribution in [3.05, 3.63) is 70.6 Å². The van der Waals surface area contributed by atoms with E-state index in [4.69, 9.17) is 27.2 Å². The lowest BCUT2D eigenvalue weighted by atomic mass is 9.81. The van der Waals surface area contributed by atoms with Crippen molar-refractivity contribution in [2.24, 2.45) is 0 Å². The van der Waals surface area contributed by atoms with Gasteiger partial charge in [-0.05, 0) is 81.7 Å². The molecule has 12 heteroatoms. The van der Waals surface area contributed by atoms with Gasteiger partial charge in [0.2, 0.25) is 10.0 Å². The Balaban J connectivity index is 1.44. The van der Waals surface area contributed by atoms with E-state index < -0.39 is 15.8 Å². The number of nitrogen functional groups attached to an aromatic ring is 1. The van der Waals surface area contributed by atoms with Gasteiger partial charge >= 0.3 is 0 Å². The molecule has 0 aliphatic heterocycles. The van der Waals surface area contributed by atoms with E-state index in [0.29, 0.717) is 51.7 Å². The molecule has 2 aromatic carbocycles. The molecule has 1 atom stereocenters. The number of methoxy groups -OCH3 is 1. The van der Waals surface area contributed by atoms with Gasteiger partial charge in [0.1, 0.15) is 17.3 Å². The van der Waals surface area contributed by atoms with Crippen molar-refractivity contribution in [3.8, 4) is 11.3 Å². The van der Waals surface area contributed by atoms with Crippen molar-refractivity contribution >= 4 is 44.0 Å². The first-order valence-electron chi connectivity index (χ1n) is 14.9. The fraction of sp³-hybridized carbons (Fsp3) is 0.438. The van der Waals surface area contributed by atoms with E-state index in [9.17, 15) is 8.42 Å². The summed E-state index contributed by atoms with van der Waals surface area (Å²) in [6, 6.07) is 11.7. The van der Waals surface area contributed by atoms with Crippen molar-refractivity contribution in [1.82, 2.24) is 20.1 Å². The summed E-state index contributed by atoms with van der Waals surface area (Å²) in [4.78, 5) is 4.56. The number of nitrogens with one attached hydrogen (secondary N) is 2. The molecule has 9 nitrogen and oxygen atoms in total. The van der Waals surface area contributed by atoms with Gasteiger partial charge in [0, 0.05) is 42.0 Å². The first kappa shape index (κ1) is 32.2. The van der Waals surface area contributed by atoms with Crippen molar-refractivity contribution in [2.75, 3.05) is 24.2 Å². The molecule has 1 saturated carbocycles. The van der Waals surface area contributed by atoms with Gasteiger partial charge in [-0.3, -0.25) is 9.40 Å². The summed E-state index contributed by atoms with van der Waals surface area (Å²) in [7, 11) is -2.21. The Kier molecular flexibility index (Phi) is 9.79. The van der Waals surface area contributed by atoms with Crippen LogP contribution in [0.15, 0.2) is 48.7 Å². The summed E-state index contributed by atoms with van der Waals surface area (Å²) in [6.07, 6.45) is 5.92. The maximum atomic E-state index is 15.4. The number of nitrogens with two attached hydrogens (primary N) is 1. The monoisotopic (exact) mass is 642 g/mol. The fourth-order valence-electron chi connectivity index (χ4n) is 6.13. The number of rotatable bonds is 11. The molecule has 0 unspecified atom stereocenters. The Hall–Kier alpha value is -3.25. The third-order valence-electron chi connectivity index (χ3n) is 8.19. The van der Waals surface area contributed by atoms with E-state index in [1.54, 1.807) is 37.4 Å². The van der Waals surface area contributed by atoms with Crippen LogP contribution in [0.4, 0.5) is 15.9 Å². The highest BCUT2D eigenvalue weighted by Gasteiger charge is 2.29. The smallest absolute Gasteiger partial charge is 0.237 e. The summed E-state index contributed by atoms with van der Waals surface area (Å²) in [5, 5.41) is 9.59. The second-order valence-corrected chi connectivity index (χ2v) is 14.1.